The molecular weight excluding hydrogens is 503 g/mol. The first kappa shape index (κ1) is 27.4. The van der Waals surface area contributed by atoms with Gasteiger partial charge in [-0.2, -0.15) is 13.2 Å². The van der Waals surface area contributed by atoms with Crippen LogP contribution < -0.4 is 11.1 Å². The lowest BCUT2D eigenvalue weighted by molar-refractivity contribution is -0.138. The van der Waals surface area contributed by atoms with Crippen molar-refractivity contribution in [1.29, 1.82) is 0 Å². The van der Waals surface area contributed by atoms with Crippen LogP contribution in [-0.2, 0) is 29.0 Å². The minimum Gasteiger partial charge on any atom is -0.366 e. The highest BCUT2D eigenvalue weighted by atomic mass is 35.5. The number of benzene rings is 2. The van der Waals surface area contributed by atoms with E-state index in [0.717, 1.165) is 18.9 Å². The van der Waals surface area contributed by atoms with E-state index in [0.29, 0.717) is 18.7 Å². The number of piperidine rings is 1. The Morgan fingerprint density at radius 3 is 2.51 bits per heavy atom. The van der Waals surface area contributed by atoms with Crippen LogP contribution in [-0.4, -0.2) is 51.2 Å². The average molecular weight is 532 g/mol. The van der Waals surface area contributed by atoms with Crippen LogP contribution in [0.5, 0.6) is 0 Å². The van der Waals surface area contributed by atoms with E-state index in [1.165, 1.54) is 31.2 Å². The SMILES string of the molecule is CCS(=O)(=O)c1ccc(Cl)cc1Cc1cc(CN2CCCC(NC)C2)c(C(F)(F)F)cc1C(N)=O. The number of sulfone groups is 1. The van der Waals surface area contributed by atoms with Crippen molar-refractivity contribution in [2.75, 3.05) is 25.9 Å². The van der Waals surface area contributed by atoms with E-state index in [4.69, 9.17) is 17.3 Å². The first-order chi connectivity index (χ1) is 16.4. The topological polar surface area (TPSA) is 92.5 Å². The second kappa shape index (κ2) is 10.9. The monoisotopic (exact) mass is 531 g/mol. The Hall–Kier alpha value is -2.14. The first-order valence-electron chi connectivity index (χ1n) is 11.3. The molecule has 1 heterocycles. The van der Waals surface area contributed by atoms with Crippen LogP contribution in [0, 0.1) is 0 Å². The third-order valence-corrected chi connectivity index (χ3v) is 8.39. The Kier molecular flexibility index (Phi) is 8.52. The molecule has 0 aliphatic carbocycles. The van der Waals surface area contributed by atoms with E-state index in [-0.39, 0.29) is 51.4 Å². The number of halogens is 4. The Balaban J connectivity index is 2.12. The van der Waals surface area contributed by atoms with Crippen LogP contribution in [0.3, 0.4) is 0 Å². The number of carbonyl (C=O) groups is 1. The van der Waals surface area contributed by atoms with Gasteiger partial charge in [0.15, 0.2) is 9.84 Å². The lowest BCUT2D eigenvalue weighted by Crippen LogP contribution is -2.44. The lowest BCUT2D eigenvalue weighted by atomic mass is 9.92. The number of likely N-dealkylation sites (tertiary alicyclic amines) is 1. The summed E-state index contributed by atoms with van der Waals surface area (Å²) in [5.41, 5.74) is 4.76. The predicted octanol–water partition coefficient (Wildman–Crippen LogP) is 4.03. The second-order valence-electron chi connectivity index (χ2n) is 8.72. The van der Waals surface area contributed by atoms with E-state index in [1.54, 1.807) is 0 Å². The van der Waals surface area contributed by atoms with Gasteiger partial charge in [0, 0.05) is 29.7 Å². The Morgan fingerprint density at radius 2 is 1.91 bits per heavy atom. The summed E-state index contributed by atoms with van der Waals surface area (Å²) in [7, 11) is -1.82. The molecule has 1 aliphatic heterocycles. The molecule has 1 aliphatic rings. The van der Waals surface area contributed by atoms with E-state index >= 15 is 0 Å². The summed E-state index contributed by atoms with van der Waals surface area (Å²) in [5.74, 6) is -1.18. The van der Waals surface area contributed by atoms with Crippen molar-refractivity contribution in [3.05, 3.63) is 63.2 Å². The largest absolute Gasteiger partial charge is 0.416 e. The molecule has 2 aromatic rings. The maximum absolute atomic E-state index is 14.0. The maximum Gasteiger partial charge on any atom is 0.416 e. The fourth-order valence-electron chi connectivity index (χ4n) is 4.49. The minimum atomic E-state index is -4.69. The molecule has 0 saturated carbocycles. The van der Waals surface area contributed by atoms with Gasteiger partial charge in [-0.25, -0.2) is 8.42 Å². The lowest BCUT2D eigenvalue weighted by Gasteiger charge is -2.33. The molecule has 1 unspecified atom stereocenters. The van der Waals surface area contributed by atoms with Crippen LogP contribution in [0.1, 0.15) is 52.4 Å². The number of hydrogen-bond acceptors (Lipinski definition) is 5. The van der Waals surface area contributed by atoms with Gasteiger partial charge in [0.1, 0.15) is 0 Å². The van der Waals surface area contributed by atoms with Crippen molar-refractivity contribution >= 4 is 27.3 Å². The normalized spacial score (nSPS) is 17.5. The molecule has 6 nitrogen and oxygen atoms in total. The number of carbonyl (C=O) groups excluding carboxylic acids is 1. The summed E-state index contributed by atoms with van der Waals surface area (Å²) in [4.78, 5) is 14.1. The quantitative estimate of drug-likeness (QED) is 0.536. The second-order valence-corrected chi connectivity index (χ2v) is 11.4. The summed E-state index contributed by atoms with van der Waals surface area (Å²) < 4.78 is 67.2. The predicted molar refractivity (Wildman–Crippen MR) is 129 cm³/mol. The molecule has 1 atom stereocenters. The van der Waals surface area contributed by atoms with Gasteiger partial charge in [-0.3, -0.25) is 9.69 Å². The van der Waals surface area contributed by atoms with Crippen molar-refractivity contribution in [2.45, 2.75) is 49.8 Å². The van der Waals surface area contributed by atoms with Gasteiger partial charge in [-0.1, -0.05) is 24.6 Å². The van der Waals surface area contributed by atoms with Gasteiger partial charge >= 0.3 is 6.18 Å². The van der Waals surface area contributed by atoms with Crippen LogP contribution in [0.2, 0.25) is 5.02 Å². The van der Waals surface area contributed by atoms with Crippen molar-refractivity contribution in [1.82, 2.24) is 10.2 Å². The number of nitrogens with two attached hydrogens (primary N) is 1. The highest BCUT2D eigenvalue weighted by Gasteiger charge is 2.36. The molecule has 0 radical (unpaired) electrons. The molecule has 1 amide bonds. The van der Waals surface area contributed by atoms with Crippen molar-refractivity contribution < 1.29 is 26.4 Å². The smallest absolute Gasteiger partial charge is 0.366 e. The Labute approximate surface area is 208 Å². The van der Waals surface area contributed by atoms with E-state index in [1.807, 2.05) is 11.9 Å². The highest BCUT2D eigenvalue weighted by molar-refractivity contribution is 7.91. The summed E-state index contributed by atoms with van der Waals surface area (Å²) in [6.07, 6.45) is -3.02. The summed E-state index contributed by atoms with van der Waals surface area (Å²) in [6, 6.07) is 6.55. The van der Waals surface area contributed by atoms with E-state index in [2.05, 4.69) is 5.32 Å². The van der Waals surface area contributed by atoms with Gasteiger partial charge in [0.25, 0.3) is 0 Å². The first-order valence-corrected chi connectivity index (χ1v) is 13.3. The standard InChI is InChI=1S/C24H29ClF3N3O3S/c1-3-35(33,34)22-7-6-18(25)11-16(22)9-15-10-17(13-31-8-4-5-19(14-31)30-2)21(24(26,27)28)12-20(15)23(29)32/h6-7,10-12,19,30H,3-5,8-9,13-14H2,1-2H3,(H2,29,32). The maximum atomic E-state index is 14.0. The van der Waals surface area contributed by atoms with Gasteiger partial charge in [-0.15, -0.1) is 0 Å². The Bertz CT molecular complexity index is 1200. The molecule has 0 spiro atoms. The zero-order chi connectivity index (χ0) is 26.0. The van der Waals surface area contributed by atoms with Crippen LogP contribution in [0.25, 0.3) is 0 Å². The number of nitrogens with one attached hydrogen (secondary N) is 1. The number of rotatable bonds is 8. The van der Waals surface area contributed by atoms with Crippen molar-refractivity contribution in [3.8, 4) is 0 Å². The molecular formula is C24H29ClF3N3O3S. The number of nitrogens with zero attached hydrogens (tertiary/aromatic N) is 1. The summed E-state index contributed by atoms with van der Waals surface area (Å²) in [5, 5.41) is 3.44. The number of hydrogen-bond donors (Lipinski definition) is 2. The Morgan fingerprint density at radius 1 is 1.20 bits per heavy atom. The highest BCUT2D eigenvalue weighted by Crippen LogP contribution is 2.36. The van der Waals surface area contributed by atoms with E-state index in [9.17, 15) is 26.4 Å². The average Bonchev–Trinajstić information content (AvgIpc) is 2.78. The van der Waals surface area contributed by atoms with Crippen molar-refractivity contribution in [3.63, 3.8) is 0 Å². The number of likely N-dealkylation sites (N-methyl/N-ethyl adjacent to an activating group) is 1. The number of primary amides is 1. The molecule has 192 valence electrons. The number of amides is 1. The molecule has 0 bridgehead atoms. The molecule has 0 aromatic heterocycles. The summed E-state index contributed by atoms with van der Waals surface area (Å²) >= 11 is 6.10. The van der Waals surface area contributed by atoms with Gasteiger partial charge in [0.2, 0.25) is 5.91 Å². The molecule has 3 N–H and O–H groups in total. The van der Waals surface area contributed by atoms with Crippen LogP contribution in [0.4, 0.5) is 13.2 Å². The van der Waals surface area contributed by atoms with Gasteiger partial charge in [-0.05, 0) is 73.8 Å². The van der Waals surface area contributed by atoms with Gasteiger partial charge < -0.3 is 11.1 Å². The third kappa shape index (κ3) is 6.55. The fraction of sp³-hybridized carbons (Fsp3) is 0.458. The zero-order valence-electron chi connectivity index (χ0n) is 19.6. The molecule has 35 heavy (non-hydrogen) atoms. The zero-order valence-corrected chi connectivity index (χ0v) is 21.2. The van der Waals surface area contributed by atoms with Crippen LogP contribution in [0.15, 0.2) is 35.2 Å². The molecule has 1 fully saturated rings. The number of alkyl halides is 3. The van der Waals surface area contributed by atoms with Crippen molar-refractivity contribution in [2.24, 2.45) is 5.73 Å². The summed E-state index contributed by atoms with van der Waals surface area (Å²) in [6.45, 7) is 2.77. The molecule has 2 aromatic carbocycles. The molecule has 11 heteroatoms. The molecule has 1 saturated heterocycles. The third-order valence-electron chi connectivity index (χ3n) is 6.33. The van der Waals surface area contributed by atoms with Gasteiger partial charge in [0.05, 0.1) is 16.2 Å². The van der Waals surface area contributed by atoms with E-state index < -0.39 is 27.5 Å². The minimum absolute atomic E-state index is 0.0104. The fourth-order valence-corrected chi connectivity index (χ4v) is 5.80. The van der Waals surface area contributed by atoms with Crippen LogP contribution >= 0.6 is 11.6 Å². The molecule has 3 rings (SSSR count).